The zero-order valence-corrected chi connectivity index (χ0v) is 24.9. The van der Waals surface area contributed by atoms with E-state index in [9.17, 15) is 26.9 Å². The molecule has 1 amide bonds. The van der Waals surface area contributed by atoms with E-state index < -0.39 is 47.6 Å². The van der Waals surface area contributed by atoms with Gasteiger partial charge >= 0.3 is 6.18 Å². The number of hydrogen-bond donors (Lipinski definition) is 1. The fraction of sp³-hybridized carbons (Fsp3) is 0.276. The molecule has 1 aliphatic rings. The highest BCUT2D eigenvalue weighted by atomic mass is 35.5. The number of nitrogens with zero attached hydrogens (tertiary/aromatic N) is 3. The molecule has 7 nitrogen and oxygen atoms in total. The maximum atomic E-state index is 13.4. The van der Waals surface area contributed by atoms with Crippen molar-refractivity contribution in [2.45, 2.75) is 36.3 Å². The molecule has 0 bridgehead atoms. The highest BCUT2D eigenvalue weighted by Crippen LogP contribution is 2.57. The Morgan fingerprint density at radius 1 is 1.09 bits per heavy atom. The fourth-order valence-corrected chi connectivity index (χ4v) is 6.37. The molecule has 1 aromatic heterocycles. The Kier molecular flexibility index (Phi) is 8.94. The number of nitrogens with one attached hydrogen (secondary N) is 1. The number of amides is 1. The van der Waals surface area contributed by atoms with Crippen LogP contribution in [0.3, 0.4) is 0 Å². The molecule has 5 rings (SSSR count). The number of carbonyl (C=O) groups is 1. The number of halogens is 6. The molecule has 1 heterocycles. The summed E-state index contributed by atoms with van der Waals surface area (Å²) < 4.78 is 70.8. The lowest BCUT2D eigenvalue weighted by molar-refractivity contribution is -0.122. The summed E-state index contributed by atoms with van der Waals surface area (Å²) in [6.07, 6.45) is -3.33. The van der Waals surface area contributed by atoms with E-state index >= 15 is 0 Å². The van der Waals surface area contributed by atoms with Crippen LogP contribution in [-0.4, -0.2) is 45.6 Å². The van der Waals surface area contributed by atoms with E-state index in [0.717, 1.165) is 4.90 Å². The van der Waals surface area contributed by atoms with Crippen LogP contribution in [0.2, 0.25) is 10.0 Å². The monoisotopic (exact) mass is 654 g/mol. The smallest absolute Gasteiger partial charge is 0.405 e. The van der Waals surface area contributed by atoms with Gasteiger partial charge in [0.25, 0.3) is 5.89 Å². The van der Waals surface area contributed by atoms with E-state index in [0.29, 0.717) is 40.4 Å². The van der Waals surface area contributed by atoms with Crippen molar-refractivity contribution in [3.8, 4) is 11.5 Å². The van der Waals surface area contributed by atoms with Crippen molar-refractivity contribution in [2.75, 3.05) is 29.1 Å². The molecule has 0 aliphatic heterocycles. The van der Waals surface area contributed by atoms with Gasteiger partial charge in [0.05, 0.1) is 12.0 Å². The summed E-state index contributed by atoms with van der Waals surface area (Å²) >= 11 is 12.0. The second-order valence-corrected chi connectivity index (χ2v) is 12.5. The molecule has 0 saturated heterocycles. The van der Waals surface area contributed by atoms with Crippen LogP contribution in [0.4, 0.5) is 28.9 Å². The first-order valence-corrected chi connectivity index (χ1v) is 15.2. The number of hydrogen-bond acceptors (Lipinski definition) is 6. The zero-order chi connectivity index (χ0) is 30.9. The van der Waals surface area contributed by atoms with Gasteiger partial charge in [-0.25, -0.2) is 4.39 Å². The minimum atomic E-state index is -4.58. The molecule has 1 aliphatic carbocycles. The first-order chi connectivity index (χ1) is 20.4. The van der Waals surface area contributed by atoms with Gasteiger partial charge in [-0.05, 0) is 91.6 Å². The lowest BCUT2D eigenvalue weighted by Gasteiger charge is -2.26. The Hall–Kier alpha value is -3.32. The van der Waals surface area contributed by atoms with Crippen LogP contribution in [0.1, 0.15) is 31.2 Å². The van der Waals surface area contributed by atoms with Gasteiger partial charge in [0.1, 0.15) is 18.1 Å². The number of rotatable bonds is 10. The first-order valence-electron chi connectivity index (χ1n) is 13.1. The van der Waals surface area contributed by atoms with Gasteiger partial charge in [0.15, 0.2) is 10.7 Å². The van der Waals surface area contributed by atoms with Crippen LogP contribution >= 0.6 is 23.2 Å². The molecule has 0 radical (unpaired) electrons. The normalized spacial score (nSPS) is 14.8. The van der Waals surface area contributed by atoms with Crippen LogP contribution in [0.5, 0.6) is 0 Å². The van der Waals surface area contributed by atoms with Crippen LogP contribution in [0, 0.1) is 5.82 Å². The first kappa shape index (κ1) is 31.1. The number of carbonyl (C=O) groups excluding carboxylic acids is 1. The van der Waals surface area contributed by atoms with Crippen molar-refractivity contribution < 1.29 is 31.4 Å². The SMILES string of the molecule is CC[S+]([O-])c1ccc(N(CC(=O)Nc2cc(Cl)c(C3(c4noc(-c5ccc(F)cc5)n4)CC3)c(Cl)c2)CC(F)(F)F)cc1. The van der Waals surface area contributed by atoms with Gasteiger partial charge in [-0.15, -0.1) is 0 Å². The van der Waals surface area contributed by atoms with Crippen LogP contribution in [0.25, 0.3) is 11.5 Å². The third-order valence-electron chi connectivity index (χ3n) is 6.93. The predicted octanol–water partition coefficient (Wildman–Crippen LogP) is 7.40. The minimum Gasteiger partial charge on any atom is -0.611 e. The average molecular weight is 656 g/mol. The van der Waals surface area contributed by atoms with Crippen molar-refractivity contribution in [1.29, 1.82) is 0 Å². The molecule has 43 heavy (non-hydrogen) atoms. The van der Waals surface area contributed by atoms with Crippen molar-refractivity contribution in [3.63, 3.8) is 0 Å². The summed E-state index contributed by atoms with van der Waals surface area (Å²) in [5.74, 6) is -0.210. The third kappa shape index (κ3) is 7.09. The molecular weight excluding hydrogens is 631 g/mol. The van der Waals surface area contributed by atoms with E-state index in [2.05, 4.69) is 15.5 Å². The Balaban J connectivity index is 1.33. The Labute approximate surface area is 257 Å². The second-order valence-electron chi connectivity index (χ2n) is 9.97. The molecule has 1 N–H and O–H groups in total. The summed E-state index contributed by atoms with van der Waals surface area (Å²) in [5.41, 5.74) is 0.684. The molecular formula is C29H24Cl2F4N4O3S. The minimum absolute atomic E-state index is 0.145. The summed E-state index contributed by atoms with van der Waals surface area (Å²) in [6, 6.07) is 14.3. The number of benzene rings is 3. The molecule has 1 fully saturated rings. The number of alkyl halides is 3. The van der Waals surface area contributed by atoms with E-state index in [4.69, 9.17) is 27.7 Å². The summed E-state index contributed by atoms with van der Waals surface area (Å²) in [5, 5.41) is 7.10. The van der Waals surface area contributed by atoms with E-state index in [1.807, 2.05) is 0 Å². The van der Waals surface area contributed by atoms with Gasteiger partial charge in [-0.2, -0.15) is 18.2 Å². The summed E-state index contributed by atoms with van der Waals surface area (Å²) in [6.45, 7) is -0.257. The van der Waals surface area contributed by atoms with Gasteiger partial charge < -0.3 is 19.3 Å². The number of anilines is 2. The summed E-state index contributed by atoms with van der Waals surface area (Å²) in [4.78, 5) is 18.7. The van der Waals surface area contributed by atoms with Crippen molar-refractivity contribution in [3.05, 3.63) is 87.9 Å². The fourth-order valence-electron chi connectivity index (χ4n) is 4.74. The van der Waals surface area contributed by atoms with Gasteiger partial charge in [-0.1, -0.05) is 28.4 Å². The highest BCUT2D eigenvalue weighted by Gasteiger charge is 2.52. The quantitative estimate of drug-likeness (QED) is 0.141. The average Bonchev–Trinajstić information content (AvgIpc) is 3.58. The van der Waals surface area contributed by atoms with Crippen molar-refractivity contribution >= 4 is 51.7 Å². The maximum absolute atomic E-state index is 13.4. The largest absolute Gasteiger partial charge is 0.611 e. The third-order valence-corrected chi connectivity index (χ3v) is 8.85. The van der Waals surface area contributed by atoms with E-state index in [1.54, 1.807) is 6.92 Å². The topological polar surface area (TPSA) is 94.3 Å². The van der Waals surface area contributed by atoms with Gasteiger partial charge in [-0.3, -0.25) is 4.79 Å². The zero-order valence-electron chi connectivity index (χ0n) is 22.6. The second kappa shape index (κ2) is 12.4. The molecule has 0 spiro atoms. The van der Waals surface area contributed by atoms with Crippen LogP contribution in [0.15, 0.2) is 70.1 Å². The molecule has 14 heteroatoms. The van der Waals surface area contributed by atoms with Crippen molar-refractivity contribution in [2.24, 2.45) is 0 Å². The lowest BCUT2D eigenvalue weighted by atomic mass is 9.94. The van der Waals surface area contributed by atoms with Crippen LogP contribution in [-0.2, 0) is 21.4 Å². The molecule has 1 unspecified atom stereocenters. The van der Waals surface area contributed by atoms with Crippen LogP contribution < -0.4 is 10.2 Å². The van der Waals surface area contributed by atoms with E-state index in [-0.39, 0.29) is 27.3 Å². The summed E-state index contributed by atoms with van der Waals surface area (Å²) in [7, 11) is 0. The van der Waals surface area contributed by atoms with Crippen molar-refractivity contribution in [1.82, 2.24) is 10.1 Å². The molecule has 4 aromatic rings. The van der Waals surface area contributed by atoms with Gasteiger partial charge in [0, 0.05) is 32.5 Å². The molecule has 1 saturated carbocycles. The predicted molar refractivity (Wildman–Crippen MR) is 156 cm³/mol. The maximum Gasteiger partial charge on any atom is 0.405 e. The number of aromatic nitrogens is 2. The lowest BCUT2D eigenvalue weighted by Crippen LogP contribution is -2.39. The molecule has 226 valence electrons. The molecule has 1 atom stereocenters. The Morgan fingerprint density at radius 3 is 2.28 bits per heavy atom. The Bertz CT molecular complexity index is 1590. The highest BCUT2D eigenvalue weighted by molar-refractivity contribution is 7.91. The Morgan fingerprint density at radius 2 is 1.72 bits per heavy atom. The molecule has 3 aromatic carbocycles. The van der Waals surface area contributed by atoms with E-state index in [1.165, 1.54) is 60.7 Å². The standard InChI is InChI=1S/C29H24Cl2F4N4O3S/c1-2-43(41)21-9-7-20(8-10-21)39(16-29(33,34)35)15-24(40)36-19-13-22(30)25(23(31)14-19)28(11-12-28)27-37-26(42-38-27)17-3-5-18(32)6-4-17/h3-10,13-14H,2,11-12,15-16H2,1H3,(H,36,40). The van der Waals surface area contributed by atoms with Gasteiger partial charge in [0.2, 0.25) is 5.91 Å².